The van der Waals surface area contributed by atoms with Gasteiger partial charge in [0, 0.05) is 12.5 Å². The molecule has 0 heterocycles. The SMILES string of the molecule is CNCC(C)(O)C(c1ccccc1)c1ccccc1. The van der Waals surface area contributed by atoms with Crippen LogP contribution in [-0.4, -0.2) is 24.3 Å². The normalized spacial score (nSPS) is 14.3. The Bertz CT molecular complexity index is 454. The lowest BCUT2D eigenvalue weighted by molar-refractivity contribution is 0.0448. The minimum absolute atomic E-state index is 0.0395. The molecule has 0 aliphatic heterocycles. The Labute approximate surface area is 115 Å². The second-order valence-corrected chi connectivity index (χ2v) is 5.14. The average molecular weight is 255 g/mol. The van der Waals surface area contributed by atoms with Crippen molar-refractivity contribution in [3.05, 3.63) is 71.8 Å². The van der Waals surface area contributed by atoms with Crippen LogP contribution in [0.25, 0.3) is 0 Å². The molecule has 0 aromatic heterocycles. The number of rotatable bonds is 5. The molecular formula is C17H21NO. The second-order valence-electron chi connectivity index (χ2n) is 5.14. The van der Waals surface area contributed by atoms with Crippen molar-refractivity contribution in [3.8, 4) is 0 Å². The molecule has 0 bridgehead atoms. The van der Waals surface area contributed by atoms with Crippen molar-refractivity contribution >= 4 is 0 Å². The number of hydrogen-bond acceptors (Lipinski definition) is 2. The number of likely N-dealkylation sites (N-methyl/N-ethyl adjacent to an activating group) is 1. The van der Waals surface area contributed by atoms with Crippen LogP contribution in [0.4, 0.5) is 0 Å². The third-order valence-electron chi connectivity index (χ3n) is 3.42. The van der Waals surface area contributed by atoms with E-state index in [1.54, 1.807) is 0 Å². The summed E-state index contributed by atoms with van der Waals surface area (Å²) in [7, 11) is 1.86. The van der Waals surface area contributed by atoms with E-state index in [-0.39, 0.29) is 5.92 Å². The number of nitrogens with one attached hydrogen (secondary N) is 1. The van der Waals surface area contributed by atoms with E-state index in [0.717, 1.165) is 11.1 Å². The van der Waals surface area contributed by atoms with E-state index in [2.05, 4.69) is 29.6 Å². The van der Waals surface area contributed by atoms with Gasteiger partial charge in [-0.15, -0.1) is 0 Å². The van der Waals surface area contributed by atoms with Crippen molar-refractivity contribution in [2.75, 3.05) is 13.6 Å². The highest BCUT2D eigenvalue weighted by Gasteiger charge is 2.33. The van der Waals surface area contributed by atoms with Crippen LogP contribution in [0.1, 0.15) is 24.0 Å². The zero-order valence-electron chi connectivity index (χ0n) is 11.5. The first kappa shape index (κ1) is 13.8. The van der Waals surface area contributed by atoms with Gasteiger partial charge >= 0.3 is 0 Å². The number of hydrogen-bond donors (Lipinski definition) is 2. The van der Waals surface area contributed by atoms with Gasteiger partial charge in [-0.2, -0.15) is 0 Å². The lowest BCUT2D eigenvalue weighted by Gasteiger charge is -2.33. The lowest BCUT2D eigenvalue weighted by atomic mass is 9.78. The largest absolute Gasteiger partial charge is 0.388 e. The van der Waals surface area contributed by atoms with Gasteiger partial charge in [-0.05, 0) is 25.1 Å². The molecule has 0 saturated carbocycles. The summed E-state index contributed by atoms with van der Waals surface area (Å²) in [6.45, 7) is 2.43. The van der Waals surface area contributed by atoms with Crippen molar-refractivity contribution < 1.29 is 5.11 Å². The van der Waals surface area contributed by atoms with Gasteiger partial charge in [0.1, 0.15) is 0 Å². The highest BCUT2D eigenvalue weighted by molar-refractivity contribution is 5.35. The molecule has 2 nitrogen and oxygen atoms in total. The highest BCUT2D eigenvalue weighted by atomic mass is 16.3. The fourth-order valence-corrected chi connectivity index (χ4v) is 2.66. The Morgan fingerprint density at radius 1 is 0.947 bits per heavy atom. The van der Waals surface area contributed by atoms with Crippen LogP contribution in [0.2, 0.25) is 0 Å². The Hall–Kier alpha value is -1.64. The molecule has 0 spiro atoms. The Kier molecular flexibility index (Phi) is 4.35. The molecule has 2 rings (SSSR count). The molecule has 100 valence electrons. The molecule has 19 heavy (non-hydrogen) atoms. The minimum Gasteiger partial charge on any atom is -0.388 e. The summed E-state index contributed by atoms with van der Waals surface area (Å²) in [6, 6.07) is 20.3. The molecule has 0 amide bonds. The molecule has 1 unspecified atom stereocenters. The van der Waals surface area contributed by atoms with Gasteiger partial charge in [-0.1, -0.05) is 60.7 Å². The zero-order valence-corrected chi connectivity index (χ0v) is 11.5. The van der Waals surface area contributed by atoms with Crippen molar-refractivity contribution in [2.45, 2.75) is 18.4 Å². The van der Waals surface area contributed by atoms with E-state index in [1.165, 1.54) is 0 Å². The van der Waals surface area contributed by atoms with E-state index in [0.29, 0.717) is 6.54 Å². The molecule has 1 atom stereocenters. The van der Waals surface area contributed by atoms with E-state index in [4.69, 9.17) is 0 Å². The third-order valence-corrected chi connectivity index (χ3v) is 3.42. The van der Waals surface area contributed by atoms with Gasteiger partial charge in [0.25, 0.3) is 0 Å². The zero-order chi connectivity index (χ0) is 13.7. The molecule has 2 aromatic carbocycles. The van der Waals surface area contributed by atoms with Gasteiger partial charge in [-0.3, -0.25) is 0 Å². The summed E-state index contributed by atoms with van der Waals surface area (Å²) in [6.07, 6.45) is 0. The van der Waals surface area contributed by atoms with Crippen LogP contribution < -0.4 is 5.32 Å². The molecule has 0 fully saturated rings. The van der Waals surface area contributed by atoms with Crippen molar-refractivity contribution in [1.82, 2.24) is 5.32 Å². The first-order valence-electron chi connectivity index (χ1n) is 6.62. The van der Waals surface area contributed by atoms with Crippen molar-refractivity contribution in [1.29, 1.82) is 0 Å². The average Bonchev–Trinajstić information content (AvgIpc) is 2.41. The van der Waals surface area contributed by atoms with Crippen LogP contribution in [0.5, 0.6) is 0 Å². The summed E-state index contributed by atoms with van der Waals surface area (Å²) in [5.41, 5.74) is 1.43. The second kappa shape index (κ2) is 6.00. The van der Waals surface area contributed by atoms with Crippen LogP contribution >= 0.6 is 0 Å². The van der Waals surface area contributed by atoms with Gasteiger partial charge in [0.05, 0.1) is 5.60 Å². The topological polar surface area (TPSA) is 32.3 Å². The van der Waals surface area contributed by atoms with E-state index < -0.39 is 5.60 Å². The number of aliphatic hydroxyl groups is 1. The first-order valence-corrected chi connectivity index (χ1v) is 6.62. The van der Waals surface area contributed by atoms with E-state index in [1.807, 2.05) is 50.4 Å². The number of benzene rings is 2. The Morgan fingerprint density at radius 2 is 1.37 bits per heavy atom. The molecule has 0 saturated heterocycles. The van der Waals surface area contributed by atoms with Crippen LogP contribution in [0.3, 0.4) is 0 Å². The quantitative estimate of drug-likeness (QED) is 0.861. The molecule has 2 N–H and O–H groups in total. The maximum Gasteiger partial charge on any atom is 0.0851 e. The minimum atomic E-state index is -0.836. The molecule has 2 aromatic rings. The summed E-state index contributed by atoms with van der Waals surface area (Å²) in [5.74, 6) is -0.0395. The van der Waals surface area contributed by atoms with Gasteiger partial charge in [0.2, 0.25) is 0 Å². The Balaban J connectivity index is 2.46. The summed E-state index contributed by atoms with van der Waals surface area (Å²) in [5, 5.41) is 13.9. The predicted molar refractivity (Wildman–Crippen MR) is 79.3 cm³/mol. The van der Waals surface area contributed by atoms with Crippen molar-refractivity contribution in [3.63, 3.8) is 0 Å². The maximum absolute atomic E-state index is 10.8. The molecule has 0 aliphatic carbocycles. The van der Waals surface area contributed by atoms with Gasteiger partial charge < -0.3 is 10.4 Å². The van der Waals surface area contributed by atoms with Crippen LogP contribution in [0, 0.1) is 0 Å². The first-order chi connectivity index (χ1) is 9.15. The molecule has 0 radical (unpaired) electrons. The van der Waals surface area contributed by atoms with Gasteiger partial charge in [0.15, 0.2) is 0 Å². The molecular weight excluding hydrogens is 234 g/mol. The monoisotopic (exact) mass is 255 g/mol. The standard InChI is InChI=1S/C17H21NO/c1-17(19,13-18-2)16(14-9-5-3-6-10-14)15-11-7-4-8-12-15/h3-12,16,18-19H,13H2,1-2H3. The highest BCUT2D eigenvalue weighted by Crippen LogP contribution is 2.34. The fraction of sp³-hybridized carbons (Fsp3) is 0.294. The maximum atomic E-state index is 10.8. The van der Waals surface area contributed by atoms with Crippen molar-refractivity contribution in [2.24, 2.45) is 0 Å². The third kappa shape index (κ3) is 3.22. The summed E-state index contributed by atoms with van der Waals surface area (Å²) >= 11 is 0. The van der Waals surface area contributed by atoms with Gasteiger partial charge in [-0.25, -0.2) is 0 Å². The summed E-state index contributed by atoms with van der Waals surface area (Å²) < 4.78 is 0. The van der Waals surface area contributed by atoms with Crippen LogP contribution in [0.15, 0.2) is 60.7 Å². The summed E-state index contributed by atoms with van der Waals surface area (Å²) in [4.78, 5) is 0. The van der Waals surface area contributed by atoms with E-state index >= 15 is 0 Å². The predicted octanol–water partition coefficient (Wildman–Crippen LogP) is 2.79. The van der Waals surface area contributed by atoms with Crippen LogP contribution in [-0.2, 0) is 0 Å². The molecule has 0 aliphatic rings. The Morgan fingerprint density at radius 3 is 1.74 bits per heavy atom. The molecule has 2 heteroatoms. The fourth-order valence-electron chi connectivity index (χ4n) is 2.66. The lowest BCUT2D eigenvalue weighted by Crippen LogP contribution is -2.42. The smallest absolute Gasteiger partial charge is 0.0851 e. The van der Waals surface area contributed by atoms with E-state index in [9.17, 15) is 5.11 Å².